The van der Waals surface area contributed by atoms with Gasteiger partial charge in [0.05, 0.1) is 18.0 Å². The molecular weight excluding hydrogens is 284 g/mol. The molecule has 1 aliphatic heterocycles. The number of nitrogens with zero attached hydrogens (tertiary/aromatic N) is 4. The van der Waals surface area contributed by atoms with Crippen molar-refractivity contribution in [1.82, 2.24) is 19.9 Å². The summed E-state index contributed by atoms with van der Waals surface area (Å²) in [5, 5.41) is 25.9. The molecule has 3 rings (SSSR count). The van der Waals surface area contributed by atoms with Crippen molar-refractivity contribution in [2.75, 3.05) is 19.7 Å². The van der Waals surface area contributed by atoms with Gasteiger partial charge in [-0.15, -0.1) is 5.10 Å². The molecular formula is C15H18N4O3. The number of rotatable bonds is 4. The Morgan fingerprint density at radius 1 is 1.41 bits per heavy atom. The summed E-state index contributed by atoms with van der Waals surface area (Å²) in [6, 6.07) is 5.94. The monoisotopic (exact) mass is 302 g/mol. The van der Waals surface area contributed by atoms with E-state index in [2.05, 4.69) is 21.3 Å². The van der Waals surface area contributed by atoms with Gasteiger partial charge in [-0.25, -0.2) is 9.48 Å². The molecule has 0 spiro atoms. The van der Waals surface area contributed by atoms with Gasteiger partial charge >= 0.3 is 5.97 Å². The highest BCUT2D eigenvalue weighted by Crippen LogP contribution is 2.26. The number of aliphatic hydroxyl groups is 1. The van der Waals surface area contributed by atoms with Crippen molar-refractivity contribution < 1.29 is 15.0 Å². The van der Waals surface area contributed by atoms with E-state index in [4.69, 9.17) is 10.2 Å². The summed E-state index contributed by atoms with van der Waals surface area (Å²) in [5.41, 5.74) is 3.75. The Morgan fingerprint density at radius 2 is 2.23 bits per heavy atom. The second-order valence-electron chi connectivity index (χ2n) is 5.40. The van der Waals surface area contributed by atoms with Gasteiger partial charge in [-0.1, -0.05) is 17.3 Å². The van der Waals surface area contributed by atoms with Gasteiger partial charge in [-0.05, 0) is 30.5 Å². The zero-order valence-corrected chi connectivity index (χ0v) is 12.4. The molecule has 2 aromatic rings. The number of carboxylic acids is 1. The lowest BCUT2D eigenvalue weighted by atomic mass is 9.97. The third-order valence-electron chi connectivity index (χ3n) is 4.06. The number of carboxylic acid groups (broad SMARTS) is 1. The minimum absolute atomic E-state index is 0.0182. The van der Waals surface area contributed by atoms with Gasteiger partial charge in [0.25, 0.3) is 0 Å². The topological polar surface area (TPSA) is 91.5 Å². The fraction of sp³-hybridized carbons (Fsp3) is 0.400. The quantitative estimate of drug-likeness (QED) is 0.860. The van der Waals surface area contributed by atoms with E-state index in [0.29, 0.717) is 12.2 Å². The summed E-state index contributed by atoms with van der Waals surface area (Å²) in [4.78, 5) is 13.3. The van der Waals surface area contributed by atoms with E-state index in [0.717, 1.165) is 25.2 Å². The lowest BCUT2D eigenvalue weighted by Gasteiger charge is -2.29. The molecule has 7 nitrogen and oxygen atoms in total. The fourth-order valence-electron chi connectivity index (χ4n) is 2.93. The molecule has 116 valence electrons. The summed E-state index contributed by atoms with van der Waals surface area (Å²) in [6.07, 6.45) is 0.840. The lowest BCUT2D eigenvalue weighted by molar-refractivity contribution is 0.0689. The first-order valence-corrected chi connectivity index (χ1v) is 7.21. The minimum atomic E-state index is -1.07. The van der Waals surface area contributed by atoms with Gasteiger partial charge in [0.15, 0.2) is 5.69 Å². The van der Waals surface area contributed by atoms with Crippen LogP contribution in [0, 0.1) is 6.92 Å². The van der Waals surface area contributed by atoms with Gasteiger partial charge < -0.3 is 10.2 Å². The predicted molar refractivity (Wildman–Crippen MR) is 79.1 cm³/mol. The Bertz CT molecular complexity index is 711. The molecule has 0 saturated heterocycles. The third-order valence-corrected chi connectivity index (χ3v) is 4.06. The first-order chi connectivity index (χ1) is 10.6. The molecule has 22 heavy (non-hydrogen) atoms. The van der Waals surface area contributed by atoms with E-state index in [-0.39, 0.29) is 12.3 Å². The third kappa shape index (κ3) is 2.49. The molecule has 0 saturated carbocycles. The van der Waals surface area contributed by atoms with Crippen LogP contribution in [0.4, 0.5) is 0 Å². The number of aromatic nitrogens is 3. The number of fused-ring (bicyclic) bond motifs is 1. The first kappa shape index (κ1) is 14.7. The van der Waals surface area contributed by atoms with Crippen LogP contribution in [-0.4, -0.2) is 55.8 Å². The van der Waals surface area contributed by atoms with Crippen LogP contribution in [0.1, 0.15) is 27.3 Å². The molecule has 1 aliphatic rings. The van der Waals surface area contributed by atoms with E-state index in [9.17, 15) is 4.79 Å². The molecule has 0 fully saturated rings. The molecule has 0 unspecified atom stereocenters. The molecule has 2 heterocycles. The van der Waals surface area contributed by atoms with Crippen LogP contribution < -0.4 is 0 Å². The lowest BCUT2D eigenvalue weighted by Crippen LogP contribution is -2.33. The summed E-state index contributed by atoms with van der Waals surface area (Å²) >= 11 is 0. The maximum Gasteiger partial charge on any atom is 0.358 e. The number of hydrogen-bond donors (Lipinski definition) is 2. The maximum atomic E-state index is 11.1. The van der Waals surface area contributed by atoms with E-state index >= 15 is 0 Å². The Balaban J connectivity index is 2.00. The molecule has 1 aromatic heterocycles. The molecule has 0 amide bonds. The maximum absolute atomic E-state index is 11.1. The molecule has 0 bridgehead atoms. The number of carbonyl (C=O) groups is 1. The summed E-state index contributed by atoms with van der Waals surface area (Å²) in [5.74, 6) is -1.07. The Morgan fingerprint density at radius 3 is 2.91 bits per heavy atom. The molecule has 7 heteroatoms. The standard InChI is InChI=1S/C15H18N4O3/c1-10-14(15(21)22)16-17-19(10)13-4-2-3-11-9-18(7-8-20)6-5-12(11)13/h2-4,20H,5-9H2,1H3,(H,21,22). The number of aliphatic hydroxyl groups excluding tert-OH is 1. The Kier molecular flexibility index (Phi) is 3.91. The van der Waals surface area contributed by atoms with E-state index < -0.39 is 5.97 Å². The summed E-state index contributed by atoms with van der Waals surface area (Å²) < 4.78 is 1.60. The van der Waals surface area contributed by atoms with Crippen molar-refractivity contribution in [1.29, 1.82) is 0 Å². The van der Waals surface area contributed by atoms with Gasteiger partial charge in [0.1, 0.15) is 0 Å². The number of benzene rings is 1. The van der Waals surface area contributed by atoms with Gasteiger partial charge in [-0.2, -0.15) is 0 Å². The second kappa shape index (κ2) is 5.86. The van der Waals surface area contributed by atoms with Crippen LogP contribution in [-0.2, 0) is 13.0 Å². The van der Waals surface area contributed by atoms with Crippen LogP contribution in [0.15, 0.2) is 18.2 Å². The smallest absolute Gasteiger partial charge is 0.358 e. The first-order valence-electron chi connectivity index (χ1n) is 7.21. The normalized spacial score (nSPS) is 14.8. The van der Waals surface area contributed by atoms with Crippen molar-refractivity contribution in [2.24, 2.45) is 0 Å². The second-order valence-corrected chi connectivity index (χ2v) is 5.40. The summed E-state index contributed by atoms with van der Waals surface area (Å²) in [7, 11) is 0. The fourth-order valence-corrected chi connectivity index (χ4v) is 2.93. The van der Waals surface area contributed by atoms with Crippen LogP contribution in [0.25, 0.3) is 5.69 Å². The molecule has 1 aromatic carbocycles. The van der Waals surface area contributed by atoms with Crippen LogP contribution in [0.2, 0.25) is 0 Å². The van der Waals surface area contributed by atoms with Crippen molar-refractivity contribution in [3.63, 3.8) is 0 Å². The van der Waals surface area contributed by atoms with Crippen LogP contribution in [0.3, 0.4) is 0 Å². The van der Waals surface area contributed by atoms with Gasteiger partial charge in [0.2, 0.25) is 0 Å². The van der Waals surface area contributed by atoms with Crippen molar-refractivity contribution in [3.8, 4) is 5.69 Å². The van der Waals surface area contributed by atoms with Crippen molar-refractivity contribution in [2.45, 2.75) is 19.9 Å². The molecule has 2 N–H and O–H groups in total. The zero-order valence-electron chi connectivity index (χ0n) is 12.4. The number of aromatic carboxylic acids is 1. The van der Waals surface area contributed by atoms with E-state index in [1.807, 2.05) is 12.1 Å². The minimum Gasteiger partial charge on any atom is -0.476 e. The molecule has 0 atom stereocenters. The van der Waals surface area contributed by atoms with Crippen LogP contribution >= 0.6 is 0 Å². The summed E-state index contributed by atoms with van der Waals surface area (Å²) in [6.45, 7) is 4.17. The Labute approximate surface area is 127 Å². The highest BCUT2D eigenvalue weighted by molar-refractivity contribution is 5.86. The highest BCUT2D eigenvalue weighted by atomic mass is 16.4. The highest BCUT2D eigenvalue weighted by Gasteiger charge is 2.22. The van der Waals surface area contributed by atoms with Crippen molar-refractivity contribution in [3.05, 3.63) is 40.7 Å². The zero-order chi connectivity index (χ0) is 15.7. The van der Waals surface area contributed by atoms with Gasteiger partial charge in [-0.3, -0.25) is 4.90 Å². The molecule has 0 radical (unpaired) electrons. The van der Waals surface area contributed by atoms with Crippen molar-refractivity contribution >= 4 is 5.97 Å². The average molecular weight is 302 g/mol. The largest absolute Gasteiger partial charge is 0.476 e. The number of β-amino-alcohol motifs (C(OH)–C–C–N with tert-alkyl or cyclic N) is 1. The molecule has 0 aliphatic carbocycles. The average Bonchev–Trinajstić information content (AvgIpc) is 2.88. The van der Waals surface area contributed by atoms with Gasteiger partial charge in [0, 0.05) is 19.6 Å². The van der Waals surface area contributed by atoms with Crippen LogP contribution in [0.5, 0.6) is 0 Å². The number of hydrogen-bond acceptors (Lipinski definition) is 5. The van der Waals surface area contributed by atoms with E-state index in [1.54, 1.807) is 11.6 Å². The SMILES string of the molecule is Cc1c(C(=O)O)nnn1-c1cccc2c1CCN(CCO)C2. The Hall–Kier alpha value is -2.25. The predicted octanol–water partition coefficient (Wildman–Crippen LogP) is 0.624. The van der Waals surface area contributed by atoms with E-state index in [1.165, 1.54) is 11.1 Å².